The van der Waals surface area contributed by atoms with E-state index >= 15 is 0 Å². The molecule has 0 heterocycles. The van der Waals surface area contributed by atoms with Crippen LogP contribution >= 0.6 is 28.1 Å². The highest BCUT2D eigenvalue weighted by Crippen LogP contribution is 2.27. The van der Waals surface area contributed by atoms with Crippen LogP contribution < -0.4 is 5.73 Å². The maximum absolute atomic E-state index is 5.53. The molecule has 14 heavy (non-hydrogen) atoms. The molecule has 0 aromatic heterocycles. The highest BCUT2D eigenvalue weighted by Gasteiger charge is 2.10. The number of rotatable bonds is 3. The molecule has 1 atom stereocenters. The Bertz CT molecular complexity index is 349. The van der Waals surface area contributed by atoms with Crippen molar-refractivity contribution in [2.45, 2.75) is 26.2 Å². The molecule has 1 aromatic rings. The molecule has 1 unspecified atom stereocenters. The van der Waals surface area contributed by atoms with Crippen LogP contribution in [0.25, 0.3) is 0 Å². The van der Waals surface area contributed by atoms with Gasteiger partial charge in [0.1, 0.15) is 0 Å². The molecular formula is C11H14BrNS. The van der Waals surface area contributed by atoms with Gasteiger partial charge in [0.2, 0.25) is 0 Å². The minimum atomic E-state index is 0.377. The van der Waals surface area contributed by atoms with E-state index in [1.807, 2.05) is 0 Å². The standard InChI is InChI=1S/C11H14BrNS/c1-7-3-4-9(10(12)5-7)8(2)6-11(13)14/h3-5,8H,6H2,1-2H3,(H2,13,14). The van der Waals surface area contributed by atoms with Crippen LogP contribution in [0.1, 0.15) is 30.4 Å². The van der Waals surface area contributed by atoms with Crippen LogP contribution in [0.15, 0.2) is 22.7 Å². The average molecular weight is 272 g/mol. The molecule has 76 valence electrons. The van der Waals surface area contributed by atoms with Crippen molar-refractivity contribution >= 4 is 33.1 Å². The number of benzene rings is 1. The van der Waals surface area contributed by atoms with E-state index in [2.05, 4.69) is 48.0 Å². The fourth-order valence-electron chi connectivity index (χ4n) is 1.44. The third-order valence-electron chi connectivity index (χ3n) is 2.19. The Balaban J connectivity index is 2.90. The smallest absolute Gasteiger partial charge is 0.0733 e. The summed E-state index contributed by atoms with van der Waals surface area (Å²) in [6, 6.07) is 6.35. The Hall–Kier alpha value is -0.410. The Morgan fingerprint density at radius 1 is 1.57 bits per heavy atom. The van der Waals surface area contributed by atoms with Crippen LogP contribution in [0.3, 0.4) is 0 Å². The van der Waals surface area contributed by atoms with E-state index in [9.17, 15) is 0 Å². The lowest BCUT2D eigenvalue weighted by Gasteiger charge is -2.13. The monoisotopic (exact) mass is 271 g/mol. The molecule has 3 heteroatoms. The summed E-state index contributed by atoms with van der Waals surface area (Å²) >= 11 is 8.46. The van der Waals surface area contributed by atoms with Crippen LogP contribution in [0.2, 0.25) is 0 Å². The van der Waals surface area contributed by atoms with Gasteiger partial charge in [0.15, 0.2) is 0 Å². The third-order valence-corrected chi connectivity index (χ3v) is 3.05. The summed E-state index contributed by atoms with van der Waals surface area (Å²) in [5, 5.41) is 0. The molecule has 0 bridgehead atoms. The highest BCUT2D eigenvalue weighted by atomic mass is 79.9. The zero-order valence-corrected chi connectivity index (χ0v) is 10.8. The number of nitrogens with two attached hydrogens (primary N) is 1. The largest absolute Gasteiger partial charge is 0.393 e. The predicted octanol–water partition coefficient (Wildman–Crippen LogP) is 3.54. The van der Waals surface area contributed by atoms with Crippen molar-refractivity contribution in [2.24, 2.45) is 5.73 Å². The van der Waals surface area contributed by atoms with E-state index in [1.54, 1.807) is 0 Å². The first-order chi connectivity index (χ1) is 6.50. The first-order valence-corrected chi connectivity index (χ1v) is 5.75. The molecule has 0 fully saturated rings. The number of aryl methyl sites for hydroxylation is 1. The van der Waals surface area contributed by atoms with E-state index in [1.165, 1.54) is 11.1 Å². The van der Waals surface area contributed by atoms with Gasteiger partial charge in [-0.1, -0.05) is 47.2 Å². The van der Waals surface area contributed by atoms with E-state index < -0.39 is 0 Å². The van der Waals surface area contributed by atoms with E-state index in [0.29, 0.717) is 10.9 Å². The number of thiocarbonyl (C=S) groups is 1. The summed E-state index contributed by atoms with van der Waals surface area (Å²) in [6.45, 7) is 4.21. The zero-order valence-electron chi connectivity index (χ0n) is 8.38. The van der Waals surface area contributed by atoms with Gasteiger partial charge < -0.3 is 5.73 Å². The molecule has 0 aliphatic heterocycles. The summed E-state index contributed by atoms with van der Waals surface area (Å²) in [6.07, 6.45) is 0.761. The van der Waals surface area contributed by atoms with E-state index in [0.717, 1.165) is 10.9 Å². The van der Waals surface area contributed by atoms with E-state index in [4.69, 9.17) is 18.0 Å². The molecule has 0 aliphatic rings. The number of hydrogen-bond donors (Lipinski definition) is 1. The Morgan fingerprint density at radius 2 is 2.21 bits per heavy atom. The molecule has 1 rings (SSSR count). The van der Waals surface area contributed by atoms with Gasteiger partial charge in [0.25, 0.3) is 0 Å². The van der Waals surface area contributed by atoms with E-state index in [-0.39, 0.29) is 0 Å². The number of hydrogen-bond acceptors (Lipinski definition) is 1. The molecule has 0 aliphatic carbocycles. The van der Waals surface area contributed by atoms with Gasteiger partial charge in [-0.15, -0.1) is 0 Å². The molecule has 0 saturated carbocycles. The quantitative estimate of drug-likeness (QED) is 0.852. The van der Waals surface area contributed by atoms with Crippen LogP contribution in [0, 0.1) is 6.92 Å². The van der Waals surface area contributed by atoms with Crippen LogP contribution in [-0.4, -0.2) is 4.99 Å². The maximum atomic E-state index is 5.53. The summed E-state index contributed by atoms with van der Waals surface area (Å²) < 4.78 is 1.14. The zero-order chi connectivity index (χ0) is 10.7. The molecule has 1 aromatic carbocycles. The van der Waals surface area contributed by atoms with Crippen molar-refractivity contribution in [3.8, 4) is 0 Å². The molecule has 0 saturated heterocycles. The van der Waals surface area contributed by atoms with Gasteiger partial charge >= 0.3 is 0 Å². The van der Waals surface area contributed by atoms with Crippen LogP contribution in [0.5, 0.6) is 0 Å². The first kappa shape index (κ1) is 11.7. The van der Waals surface area contributed by atoms with Gasteiger partial charge in [-0.2, -0.15) is 0 Å². The van der Waals surface area contributed by atoms with Crippen molar-refractivity contribution in [3.63, 3.8) is 0 Å². The molecular weight excluding hydrogens is 258 g/mol. The fourth-order valence-corrected chi connectivity index (χ4v) is 2.58. The van der Waals surface area contributed by atoms with Crippen molar-refractivity contribution in [3.05, 3.63) is 33.8 Å². The highest BCUT2D eigenvalue weighted by molar-refractivity contribution is 9.10. The molecule has 0 amide bonds. The first-order valence-electron chi connectivity index (χ1n) is 4.55. The Labute approximate surface area is 98.8 Å². The van der Waals surface area contributed by atoms with Crippen LogP contribution in [-0.2, 0) is 0 Å². The van der Waals surface area contributed by atoms with Crippen molar-refractivity contribution in [1.29, 1.82) is 0 Å². The molecule has 0 radical (unpaired) electrons. The summed E-state index contributed by atoms with van der Waals surface area (Å²) in [4.78, 5) is 0.574. The fraction of sp³-hybridized carbons (Fsp3) is 0.364. The molecule has 1 nitrogen and oxygen atoms in total. The second-order valence-corrected chi connectivity index (χ2v) is 4.98. The van der Waals surface area contributed by atoms with Crippen molar-refractivity contribution in [2.75, 3.05) is 0 Å². The predicted molar refractivity (Wildman–Crippen MR) is 68.7 cm³/mol. The number of halogens is 1. The van der Waals surface area contributed by atoms with Gasteiger partial charge in [-0.05, 0) is 30.0 Å². The Morgan fingerprint density at radius 3 is 2.71 bits per heavy atom. The summed E-state index contributed by atoms with van der Waals surface area (Å²) in [5.41, 5.74) is 8.05. The minimum absolute atomic E-state index is 0.377. The van der Waals surface area contributed by atoms with Crippen molar-refractivity contribution in [1.82, 2.24) is 0 Å². The van der Waals surface area contributed by atoms with Gasteiger partial charge in [0, 0.05) is 10.9 Å². The average Bonchev–Trinajstić information content (AvgIpc) is 2.01. The second kappa shape index (κ2) is 4.89. The Kier molecular flexibility index (Phi) is 4.08. The SMILES string of the molecule is Cc1ccc(C(C)CC(N)=S)c(Br)c1. The normalized spacial score (nSPS) is 12.5. The topological polar surface area (TPSA) is 26.0 Å². The minimum Gasteiger partial charge on any atom is -0.393 e. The maximum Gasteiger partial charge on any atom is 0.0733 e. The molecule has 2 N–H and O–H groups in total. The lowest BCUT2D eigenvalue weighted by Crippen LogP contribution is -2.11. The van der Waals surface area contributed by atoms with Gasteiger partial charge in [0.05, 0.1) is 4.99 Å². The molecule has 0 spiro atoms. The lowest BCUT2D eigenvalue weighted by atomic mass is 9.97. The second-order valence-electron chi connectivity index (χ2n) is 3.60. The third kappa shape index (κ3) is 3.07. The van der Waals surface area contributed by atoms with Gasteiger partial charge in [-0.25, -0.2) is 0 Å². The lowest BCUT2D eigenvalue weighted by molar-refractivity contribution is 0.802. The summed E-state index contributed by atoms with van der Waals surface area (Å²) in [5.74, 6) is 0.377. The van der Waals surface area contributed by atoms with Crippen molar-refractivity contribution < 1.29 is 0 Å². The van der Waals surface area contributed by atoms with Gasteiger partial charge in [-0.3, -0.25) is 0 Å². The summed E-state index contributed by atoms with van der Waals surface area (Å²) in [7, 11) is 0. The van der Waals surface area contributed by atoms with Crippen LogP contribution in [0.4, 0.5) is 0 Å².